The minimum atomic E-state index is -3.49. The molecule has 0 aromatic carbocycles. The van der Waals surface area contributed by atoms with Gasteiger partial charge in [0.2, 0.25) is 0 Å². The Morgan fingerprint density at radius 2 is 1.96 bits per heavy atom. The highest BCUT2D eigenvalue weighted by Crippen LogP contribution is 2.38. The zero-order valence-corrected chi connectivity index (χ0v) is 13.2. The minimum Gasteiger partial charge on any atom is -0.477 e. The second-order valence-corrected chi connectivity index (χ2v) is 5.83. The van der Waals surface area contributed by atoms with Gasteiger partial charge in [-0.25, -0.2) is 9.18 Å². The quantitative estimate of drug-likeness (QED) is 0.257. The standard InChI is InChI=1S/C15H21FO9/c1-2-3-4-7(18)5-8-10(20)13(16)15(24,14(22)23)25-12(8)11(21)9(19)6-17/h1,8-13,17,19-21,24H,3-6H2,(H,22,23)/t8?,9-,10?,11-,12?,13?,15?/m1/s1. The number of carbonyl (C=O) groups excluding carboxylic acids is 1. The van der Waals surface area contributed by atoms with Gasteiger partial charge in [0, 0.05) is 25.2 Å². The fraction of sp³-hybridized carbons (Fsp3) is 0.733. The van der Waals surface area contributed by atoms with Gasteiger partial charge in [0.15, 0.2) is 6.17 Å². The molecule has 0 aromatic rings. The monoisotopic (exact) mass is 364 g/mol. The van der Waals surface area contributed by atoms with E-state index in [0.717, 1.165) is 0 Å². The molecule has 142 valence electrons. The Bertz CT molecular complexity index is 534. The van der Waals surface area contributed by atoms with Crippen LogP contribution in [0.3, 0.4) is 0 Å². The normalized spacial score (nSPS) is 34.8. The molecule has 7 atom stereocenters. The van der Waals surface area contributed by atoms with Crippen LogP contribution in [0.5, 0.6) is 0 Å². The molecule has 6 N–H and O–H groups in total. The number of aliphatic hydroxyl groups excluding tert-OH is 4. The van der Waals surface area contributed by atoms with Crippen molar-refractivity contribution >= 4 is 11.8 Å². The molecule has 1 aliphatic rings. The Kier molecular flexibility index (Phi) is 7.43. The summed E-state index contributed by atoms with van der Waals surface area (Å²) in [5.74, 6) is -5.43. The van der Waals surface area contributed by atoms with Gasteiger partial charge in [0.05, 0.1) is 18.8 Å². The van der Waals surface area contributed by atoms with Gasteiger partial charge in [0.1, 0.15) is 18.0 Å². The van der Waals surface area contributed by atoms with Gasteiger partial charge in [0.25, 0.3) is 0 Å². The Labute approximate surface area is 142 Å². The second-order valence-electron chi connectivity index (χ2n) is 5.83. The van der Waals surface area contributed by atoms with Gasteiger partial charge < -0.3 is 35.4 Å². The molecule has 0 radical (unpaired) electrons. The fourth-order valence-corrected chi connectivity index (χ4v) is 2.63. The molecular weight excluding hydrogens is 343 g/mol. The third-order valence-electron chi connectivity index (χ3n) is 4.09. The minimum absolute atomic E-state index is 0.0765. The van der Waals surface area contributed by atoms with Crippen molar-refractivity contribution in [2.24, 2.45) is 5.92 Å². The molecule has 0 saturated carbocycles. The fourth-order valence-electron chi connectivity index (χ4n) is 2.63. The lowest BCUT2D eigenvalue weighted by Crippen LogP contribution is -2.67. The molecule has 10 heteroatoms. The molecular formula is C15H21FO9. The average molecular weight is 364 g/mol. The molecule has 0 amide bonds. The van der Waals surface area contributed by atoms with Crippen LogP contribution in [0.15, 0.2) is 0 Å². The van der Waals surface area contributed by atoms with E-state index in [1.165, 1.54) is 0 Å². The first-order valence-corrected chi connectivity index (χ1v) is 7.48. The van der Waals surface area contributed by atoms with Crippen LogP contribution in [-0.4, -0.2) is 85.4 Å². The number of aliphatic hydroxyl groups is 5. The molecule has 0 bridgehead atoms. The number of terminal acetylenes is 1. The average Bonchev–Trinajstić information content (AvgIpc) is 2.58. The largest absolute Gasteiger partial charge is 0.477 e. The zero-order chi connectivity index (χ0) is 19.4. The van der Waals surface area contributed by atoms with Crippen LogP contribution in [0, 0.1) is 18.3 Å². The van der Waals surface area contributed by atoms with E-state index in [9.17, 15) is 34.4 Å². The predicted molar refractivity (Wildman–Crippen MR) is 78.6 cm³/mol. The highest BCUT2D eigenvalue weighted by Gasteiger charge is 2.61. The number of ketones is 1. The lowest BCUT2D eigenvalue weighted by atomic mass is 9.79. The molecule has 0 aromatic heterocycles. The van der Waals surface area contributed by atoms with E-state index in [4.69, 9.17) is 21.4 Å². The summed E-state index contributed by atoms with van der Waals surface area (Å²) < 4.78 is 18.9. The first-order valence-electron chi connectivity index (χ1n) is 7.48. The lowest BCUT2D eigenvalue weighted by molar-refractivity contribution is -0.329. The lowest BCUT2D eigenvalue weighted by Gasteiger charge is -2.46. The maximum Gasteiger partial charge on any atom is 0.367 e. The number of halogens is 1. The molecule has 1 heterocycles. The van der Waals surface area contributed by atoms with E-state index in [0.29, 0.717) is 0 Å². The number of carbonyl (C=O) groups is 2. The van der Waals surface area contributed by atoms with Crippen LogP contribution >= 0.6 is 0 Å². The molecule has 9 nitrogen and oxygen atoms in total. The summed E-state index contributed by atoms with van der Waals surface area (Å²) in [4.78, 5) is 23.0. The van der Waals surface area contributed by atoms with Gasteiger partial charge in [-0.2, -0.15) is 0 Å². The summed E-state index contributed by atoms with van der Waals surface area (Å²) >= 11 is 0. The third-order valence-corrected chi connectivity index (χ3v) is 4.09. The van der Waals surface area contributed by atoms with E-state index in [2.05, 4.69) is 5.92 Å². The SMILES string of the molecule is C#CCCC(=O)CC1C(O)C(F)C(O)(C(=O)O)OC1[C@H](O)[C@H](O)CO. The first kappa shape index (κ1) is 21.4. The first-order chi connectivity index (χ1) is 11.6. The number of aliphatic carboxylic acids is 1. The molecule has 5 unspecified atom stereocenters. The molecule has 1 aliphatic heterocycles. The van der Waals surface area contributed by atoms with E-state index < -0.39 is 67.1 Å². The Balaban J connectivity index is 3.14. The van der Waals surface area contributed by atoms with E-state index in [-0.39, 0.29) is 12.8 Å². The van der Waals surface area contributed by atoms with Crippen molar-refractivity contribution in [1.29, 1.82) is 0 Å². The number of hydrogen-bond donors (Lipinski definition) is 6. The number of Topliss-reactive ketones (excluding diaryl/α,β-unsaturated/α-hetero) is 1. The summed E-state index contributed by atoms with van der Waals surface area (Å²) in [6.07, 6.45) is -6.21. The van der Waals surface area contributed by atoms with Crippen molar-refractivity contribution in [3.8, 4) is 12.3 Å². The summed E-state index contributed by atoms with van der Waals surface area (Å²) in [6, 6.07) is 0. The number of alkyl halides is 1. The van der Waals surface area contributed by atoms with Crippen molar-refractivity contribution in [3.63, 3.8) is 0 Å². The molecule has 25 heavy (non-hydrogen) atoms. The summed E-state index contributed by atoms with van der Waals surface area (Å²) in [5, 5.41) is 57.3. The maximum atomic E-state index is 14.2. The third kappa shape index (κ3) is 4.52. The summed E-state index contributed by atoms with van der Waals surface area (Å²) in [5.41, 5.74) is 0. The van der Waals surface area contributed by atoms with E-state index in [1.807, 2.05) is 0 Å². The van der Waals surface area contributed by atoms with Crippen LogP contribution in [0.1, 0.15) is 19.3 Å². The van der Waals surface area contributed by atoms with E-state index in [1.54, 1.807) is 0 Å². The van der Waals surface area contributed by atoms with Crippen LogP contribution < -0.4 is 0 Å². The smallest absolute Gasteiger partial charge is 0.367 e. The van der Waals surface area contributed by atoms with Crippen LogP contribution in [0.4, 0.5) is 4.39 Å². The highest BCUT2D eigenvalue weighted by molar-refractivity contribution is 5.79. The predicted octanol–water partition coefficient (Wildman–Crippen LogP) is -2.44. The molecule has 0 aliphatic carbocycles. The van der Waals surface area contributed by atoms with Crippen molar-refractivity contribution in [2.45, 2.75) is 55.6 Å². The van der Waals surface area contributed by atoms with Gasteiger partial charge in [-0.15, -0.1) is 12.3 Å². The van der Waals surface area contributed by atoms with E-state index >= 15 is 0 Å². The van der Waals surface area contributed by atoms with Gasteiger partial charge in [-0.05, 0) is 0 Å². The zero-order valence-electron chi connectivity index (χ0n) is 13.2. The Morgan fingerprint density at radius 3 is 2.44 bits per heavy atom. The van der Waals surface area contributed by atoms with Crippen molar-refractivity contribution in [1.82, 2.24) is 0 Å². The van der Waals surface area contributed by atoms with Crippen LogP contribution in [0.25, 0.3) is 0 Å². The topological polar surface area (TPSA) is 165 Å². The van der Waals surface area contributed by atoms with Gasteiger partial charge in [-0.1, -0.05) is 0 Å². The molecule has 1 rings (SSSR count). The number of ether oxygens (including phenoxy) is 1. The van der Waals surface area contributed by atoms with Gasteiger partial charge in [-0.3, -0.25) is 4.79 Å². The molecule has 1 fully saturated rings. The Morgan fingerprint density at radius 1 is 1.36 bits per heavy atom. The van der Waals surface area contributed by atoms with Crippen molar-refractivity contribution in [2.75, 3.05) is 6.61 Å². The number of rotatable bonds is 8. The number of carboxylic acids is 1. The Hall–Kier alpha value is -1.61. The van der Waals surface area contributed by atoms with Crippen LogP contribution in [-0.2, 0) is 14.3 Å². The highest BCUT2D eigenvalue weighted by atomic mass is 19.1. The second kappa shape index (κ2) is 8.66. The van der Waals surface area contributed by atoms with Crippen molar-refractivity contribution < 1.29 is 49.4 Å². The van der Waals surface area contributed by atoms with Crippen LogP contribution in [0.2, 0.25) is 0 Å². The summed E-state index contributed by atoms with van der Waals surface area (Å²) in [7, 11) is 0. The molecule has 0 spiro atoms. The number of hydrogen-bond acceptors (Lipinski definition) is 8. The summed E-state index contributed by atoms with van der Waals surface area (Å²) in [6.45, 7) is -0.959. The maximum absolute atomic E-state index is 14.2. The van der Waals surface area contributed by atoms with Crippen molar-refractivity contribution in [3.05, 3.63) is 0 Å². The molecule has 1 saturated heterocycles. The van der Waals surface area contributed by atoms with Gasteiger partial charge >= 0.3 is 11.8 Å². The number of carboxylic acid groups (broad SMARTS) is 1.